The molecule has 0 saturated carbocycles. The van der Waals surface area contributed by atoms with Crippen molar-refractivity contribution in [3.8, 4) is 0 Å². The minimum absolute atomic E-state index is 0.0536. The Morgan fingerprint density at radius 2 is 1.76 bits per heavy atom. The molecule has 0 aromatic carbocycles. The smallest absolute Gasteiger partial charge is 0.326 e. The van der Waals surface area contributed by atoms with Crippen molar-refractivity contribution in [2.75, 3.05) is 18.9 Å². The van der Waals surface area contributed by atoms with Gasteiger partial charge in [-0.15, -0.1) is 0 Å². The summed E-state index contributed by atoms with van der Waals surface area (Å²) in [5.41, 5.74) is 5.33. The second kappa shape index (κ2) is 11.7. The molecule has 0 spiro atoms. The van der Waals surface area contributed by atoms with Crippen molar-refractivity contribution in [2.24, 2.45) is 11.7 Å². The van der Waals surface area contributed by atoms with E-state index in [1.54, 1.807) is 13.8 Å². The quantitative estimate of drug-likeness (QED) is 0.194. The number of hydrogen-bond donors (Lipinski definition) is 7. The Balaban J connectivity index is 4.57. The van der Waals surface area contributed by atoms with E-state index < -0.39 is 55.0 Å². The number of carboxylic acids is 1. The van der Waals surface area contributed by atoms with Gasteiger partial charge < -0.3 is 31.9 Å². The van der Waals surface area contributed by atoms with Gasteiger partial charge in [0.1, 0.15) is 18.1 Å². The molecule has 4 unspecified atom stereocenters. The van der Waals surface area contributed by atoms with E-state index in [0.717, 1.165) is 0 Å². The largest absolute Gasteiger partial charge is 0.480 e. The lowest BCUT2D eigenvalue weighted by Gasteiger charge is -2.21. The highest BCUT2D eigenvalue weighted by atomic mass is 32.1. The first-order chi connectivity index (χ1) is 11.7. The van der Waals surface area contributed by atoms with E-state index in [2.05, 4.69) is 28.6 Å². The van der Waals surface area contributed by atoms with Crippen LogP contribution in [0.2, 0.25) is 0 Å². The van der Waals surface area contributed by atoms with Crippen LogP contribution < -0.4 is 21.7 Å². The lowest BCUT2D eigenvalue weighted by atomic mass is 9.99. The SMILES string of the molecule is CCC(C)C(NC(=O)CNC(=O)C(CS)NC(=O)C(N)CO)C(=O)O. The molecule has 4 atom stereocenters. The molecule has 0 aliphatic carbocycles. The number of aliphatic hydroxyl groups is 1. The summed E-state index contributed by atoms with van der Waals surface area (Å²) in [5, 5.41) is 24.8. The summed E-state index contributed by atoms with van der Waals surface area (Å²) in [5.74, 6) is -3.57. The van der Waals surface area contributed by atoms with Crippen LogP contribution in [0.5, 0.6) is 0 Å². The Morgan fingerprint density at radius 1 is 1.16 bits per heavy atom. The number of thiol groups is 1. The fourth-order valence-electron chi connectivity index (χ4n) is 1.75. The van der Waals surface area contributed by atoms with E-state index in [0.29, 0.717) is 6.42 Å². The number of nitrogens with one attached hydrogen (secondary N) is 3. The third kappa shape index (κ3) is 8.18. The second-order valence-corrected chi connectivity index (χ2v) is 5.88. The highest BCUT2D eigenvalue weighted by Crippen LogP contribution is 2.07. The molecule has 144 valence electrons. The topological polar surface area (TPSA) is 171 Å². The van der Waals surface area contributed by atoms with Gasteiger partial charge in [-0.2, -0.15) is 12.6 Å². The first-order valence-electron chi connectivity index (χ1n) is 7.75. The molecule has 0 aromatic heterocycles. The van der Waals surface area contributed by atoms with E-state index in [-0.39, 0.29) is 11.7 Å². The van der Waals surface area contributed by atoms with Crippen LogP contribution >= 0.6 is 12.6 Å². The zero-order valence-corrected chi connectivity index (χ0v) is 15.1. The van der Waals surface area contributed by atoms with Crippen molar-refractivity contribution >= 4 is 36.3 Å². The highest BCUT2D eigenvalue weighted by Gasteiger charge is 2.26. The van der Waals surface area contributed by atoms with E-state index in [4.69, 9.17) is 15.9 Å². The van der Waals surface area contributed by atoms with Gasteiger partial charge in [-0.25, -0.2) is 4.79 Å². The number of rotatable bonds is 11. The second-order valence-electron chi connectivity index (χ2n) is 5.52. The van der Waals surface area contributed by atoms with E-state index in [1.807, 2.05) is 0 Å². The van der Waals surface area contributed by atoms with Gasteiger partial charge >= 0.3 is 5.97 Å². The fourth-order valence-corrected chi connectivity index (χ4v) is 2.01. The predicted octanol–water partition coefficient (Wildman–Crippen LogP) is -2.55. The summed E-state index contributed by atoms with van der Waals surface area (Å²) in [7, 11) is 0. The van der Waals surface area contributed by atoms with Crippen molar-refractivity contribution in [2.45, 2.75) is 38.4 Å². The molecule has 0 radical (unpaired) electrons. The minimum atomic E-state index is -1.18. The van der Waals surface area contributed by atoms with Crippen LogP contribution in [-0.4, -0.2) is 70.9 Å². The summed E-state index contributed by atoms with van der Waals surface area (Å²) < 4.78 is 0. The Bertz CT molecular complexity index is 490. The monoisotopic (exact) mass is 378 g/mol. The Kier molecular flexibility index (Phi) is 10.8. The molecule has 7 N–H and O–H groups in total. The van der Waals surface area contributed by atoms with Crippen LogP contribution in [-0.2, 0) is 19.2 Å². The third-order valence-corrected chi connectivity index (χ3v) is 3.93. The van der Waals surface area contributed by atoms with Gasteiger partial charge in [0.2, 0.25) is 17.7 Å². The molecule has 0 aliphatic rings. The first-order valence-corrected chi connectivity index (χ1v) is 8.38. The van der Waals surface area contributed by atoms with Gasteiger partial charge in [-0.1, -0.05) is 20.3 Å². The maximum atomic E-state index is 12.0. The number of carbonyl (C=O) groups excluding carboxylic acids is 3. The maximum absolute atomic E-state index is 12.0. The Labute approximate surface area is 151 Å². The number of carbonyl (C=O) groups is 4. The molecule has 11 heteroatoms. The maximum Gasteiger partial charge on any atom is 0.326 e. The zero-order chi connectivity index (χ0) is 19.6. The van der Waals surface area contributed by atoms with Gasteiger partial charge in [0.15, 0.2) is 0 Å². The molecular weight excluding hydrogens is 352 g/mol. The number of nitrogens with two attached hydrogens (primary N) is 1. The van der Waals surface area contributed by atoms with Crippen molar-refractivity contribution in [1.82, 2.24) is 16.0 Å². The first kappa shape index (κ1) is 23.1. The lowest BCUT2D eigenvalue weighted by Crippen LogP contribution is -2.55. The number of carboxylic acid groups (broad SMARTS) is 1. The predicted molar refractivity (Wildman–Crippen MR) is 92.9 cm³/mol. The van der Waals surface area contributed by atoms with E-state index in [9.17, 15) is 19.2 Å². The number of aliphatic hydroxyl groups excluding tert-OH is 1. The van der Waals surface area contributed by atoms with Crippen LogP contribution in [0.1, 0.15) is 20.3 Å². The molecule has 0 aliphatic heterocycles. The standard InChI is InChI=1S/C14H26N4O6S/c1-3-7(2)11(14(23)24)18-10(20)4-16-13(22)9(6-25)17-12(21)8(15)5-19/h7-9,11,19,25H,3-6,15H2,1-2H3,(H,16,22)(H,17,21)(H,18,20)(H,23,24). The van der Waals surface area contributed by atoms with Gasteiger partial charge in [-0.3, -0.25) is 14.4 Å². The molecular formula is C14H26N4O6S. The molecule has 3 amide bonds. The molecule has 25 heavy (non-hydrogen) atoms. The normalized spacial score (nSPS) is 15.4. The minimum Gasteiger partial charge on any atom is -0.480 e. The van der Waals surface area contributed by atoms with Gasteiger partial charge in [0.25, 0.3) is 0 Å². The lowest BCUT2D eigenvalue weighted by molar-refractivity contribution is -0.143. The van der Waals surface area contributed by atoms with Gasteiger partial charge in [0, 0.05) is 5.75 Å². The van der Waals surface area contributed by atoms with Crippen molar-refractivity contribution in [3.05, 3.63) is 0 Å². The van der Waals surface area contributed by atoms with Crippen LogP contribution in [0.4, 0.5) is 0 Å². The van der Waals surface area contributed by atoms with E-state index in [1.165, 1.54) is 0 Å². The number of amides is 3. The summed E-state index contributed by atoms with van der Waals surface area (Å²) in [6.07, 6.45) is 0.558. The average molecular weight is 378 g/mol. The van der Waals surface area contributed by atoms with Crippen LogP contribution in [0, 0.1) is 5.92 Å². The van der Waals surface area contributed by atoms with Gasteiger partial charge in [0.05, 0.1) is 13.2 Å². The van der Waals surface area contributed by atoms with Crippen LogP contribution in [0.25, 0.3) is 0 Å². The molecule has 0 bridgehead atoms. The Hall–Kier alpha value is -1.85. The van der Waals surface area contributed by atoms with Crippen LogP contribution in [0.15, 0.2) is 0 Å². The molecule has 0 heterocycles. The molecule has 10 nitrogen and oxygen atoms in total. The fraction of sp³-hybridized carbons (Fsp3) is 0.714. The van der Waals surface area contributed by atoms with Gasteiger partial charge in [-0.05, 0) is 5.92 Å². The van der Waals surface area contributed by atoms with E-state index >= 15 is 0 Å². The molecule has 0 saturated heterocycles. The molecule has 0 rings (SSSR count). The Morgan fingerprint density at radius 3 is 2.20 bits per heavy atom. The number of hydrogen-bond acceptors (Lipinski definition) is 7. The van der Waals surface area contributed by atoms with Crippen molar-refractivity contribution < 1.29 is 29.4 Å². The molecule has 0 fully saturated rings. The summed E-state index contributed by atoms with van der Waals surface area (Å²) in [6.45, 7) is 2.45. The number of aliphatic carboxylic acids is 1. The van der Waals surface area contributed by atoms with Crippen molar-refractivity contribution in [3.63, 3.8) is 0 Å². The summed E-state index contributed by atoms with van der Waals surface area (Å²) >= 11 is 3.94. The highest BCUT2D eigenvalue weighted by molar-refractivity contribution is 7.80. The van der Waals surface area contributed by atoms with Crippen LogP contribution in [0.3, 0.4) is 0 Å². The van der Waals surface area contributed by atoms with Crippen molar-refractivity contribution in [1.29, 1.82) is 0 Å². The zero-order valence-electron chi connectivity index (χ0n) is 14.2. The average Bonchev–Trinajstić information content (AvgIpc) is 2.59. The summed E-state index contributed by atoms with van der Waals surface area (Å²) in [4.78, 5) is 46.5. The molecule has 0 aromatic rings. The third-order valence-electron chi connectivity index (χ3n) is 3.57. The summed E-state index contributed by atoms with van der Waals surface area (Å²) in [6, 6.07) is -3.28.